The summed E-state index contributed by atoms with van der Waals surface area (Å²) in [6, 6.07) is 8.43. The normalized spacial score (nSPS) is 22.9. The Bertz CT molecular complexity index is 545. The number of amides is 2. The Morgan fingerprint density at radius 3 is 2.83 bits per heavy atom. The Kier molecular flexibility index (Phi) is 6.44. The van der Waals surface area contributed by atoms with Gasteiger partial charge in [0.2, 0.25) is 0 Å². The van der Waals surface area contributed by atoms with Gasteiger partial charge in [-0.3, -0.25) is 0 Å². The molecule has 2 aliphatic rings. The highest BCUT2D eigenvalue weighted by molar-refractivity contribution is 7.99. The Hall–Kier alpha value is -1.20. The maximum atomic E-state index is 12.9. The molecule has 3 rings (SSSR count). The van der Waals surface area contributed by atoms with Crippen LogP contribution in [0, 0.1) is 6.92 Å². The second-order valence-corrected chi connectivity index (χ2v) is 8.09. The molecule has 2 amide bonds. The molecule has 2 aliphatic heterocycles. The van der Waals surface area contributed by atoms with Gasteiger partial charge in [-0.25, -0.2) is 4.79 Å². The maximum absolute atomic E-state index is 12.9. The second-order valence-electron chi connectivity index (χ2n) is 6.94. The smallest absolute Gasteiger partial charge is 0.319 e. The van der Waals surface area contributed by atoms with Crippen LogP contribution in [0.2, 0.25) is 0 Å². The summed E-state index contributed by atoms with van der Waals surface area (Å²) in [5, 5.41) is 3.11. The van der Waals surface area contributed by atoms with E-state index in [0.29, 0.717) is 6.04 Å². The molecule has 1 N–H and O–H groups in total. The molecule has 0 radical (unpaired) electrons. The summed E-state index contributed by atoms with van der Waals surface area (Å²) in [5.41, 5.74) is 2.07. The third-order valence-electron chi connectivity index (χ3n) is 4.89. The zero-order valence-corrected chi connectivity index (χ0v) is 15.5. The Morgan fingerprint density at radius 2 is 2.04 bits per heavy atom. The van der Waals surface area contributed by atoms with Crippen LogP contribution in [0.15, 0.2) is 24.3 Å². The van der Waals surface area contributed by atoms with Gasteiger partial charge in [-0.15, -0.1) is 0 Å². The van der Waals surface area contributed by atoms with Gasteiger partial charge in [0.1, 0.15) is 0 Å². The van der Waals surface area contributed by atoms with Gasteiger partial charge in [0, 0.05) is 24.5 Å². The molecule has 132 valence electrons. The molecule has 2 saturated heterocycles. The molecule has 5 heteroatoms. The second kappa shape index (κ2) is 8.77. The van der Waals surface area contributed by atoms with Crippen molar-refractivity contribution in [2.24, 2.45) is 0 Å². The van der Waals surface area contributed by atoms with Crippen LogP contribution in [-0.4, -0.2) is 59.6 Å². The number of hydrogen-bond donors (Lipinski definition) is 1. The minimum atomic E-state index is 0.0603. The van der Waals surface area contributed by atoms with Crippen molar-refractivity contribution in [2.75, 3.05) is 43.0 Å². The van der Waals surface area contributed by atoms with Gasteiger partial charge in [0.15, 0.2) is 0 Å². The molecule has 4 nitrogen and oxygen atoms in total. The number of urea groups is 1. The molecular weight excluding hydrogens is 318 g/mol. The van der Waals surface area contributed by atoms with Crippen molar-refractivity contribution >= 4 is 23.5 Å². The van der Waals surface area contributed by atoms with Crippen molar-refractivity contribution in [3.63, 3.8) is 0 Å². The van der Waals surface area contributed by atoms with Crippen LogP contribution in [0.4, 0.5) is 10.5 Å². The number of carbonyl (C=O) groups excluding carboxylic acids is 1. The molecule has 1 aromatic rings. The van der Waals surface area contributed by atoms with Gasteiger partial charge >= 0.3 is 6.03 Å². The largest absolute Gasteiger partial charge is 0.322 e. The number of carbonyl (C=O) groups is 1. The fraction of sp³-hybridized carbons (Fsp3) is 0.632. The van der Waals surface area contributed by atoms with Crippen molar-refractivity contribution < 1.29 is 4.79 Å². The minimum absolute atomic E-state index is 0.0603. The number of aryl methyl sites for hydroxylation is 1. The average Bonchev–Trinajstić information content (AvgIpc) is 2.81. The minimum Gasteiger partial charge on any atom is -0.319 e. The summed E-state index contributed by atoms with van der Waals surface area (Å²) < 4.78 is 0. The van der Waals surface area contributed by atoms with E-state index in [0.717, 1.165) is 36.7 Å². The summed E-state index contributed by atoms with van der Waals surface area (Å²) in [4.78, 5) is 17.5. The highest BCUT2D eigenvalue weighted by Crippen LogP contribution is 2.20. The Balaban J connectivity index is 1.65. The van der Waals surface area contributed by atoms with Gasteiger partial charge in [0.05, 0.1) is 6.04 Å². The van der Waals surface area contributed by atoms with E-state index in [2.05, 4.69) is 28.1 Å². The molecule has 0 spiro atoms. The quantitative estimate of drug-likeness (QED) is 0.903. The SMILES string of the molecule is Cc1cccc(NC(=O)N2CCCSCC2CN2CCCCC2)c1. The number of likely N-dealkylation sites (tertiary alicyclic amines) is 1. The fourth-order valence-electron chi connectivity index (χ4n) is 3.61. The predicted octanol–water partition coefficient (Wildman–Crippen LogP) is 3.82. The summed E-state index contributed by atoms with van der Waals surface area (Å²) in [5.74, 6) is 2.21. The number of rotatable bonds is 3. The van der Waals surface area contributed by atoms with E-state index in [1.807, 2.05) is 30.0 Å². The molecule has 2 fully saturated rings. The van der Waals surface area contributed by atoms with Crippen molar-refractivity contribution in [1.29, 1.82) is 0 Å². The standard InChI is InChI=1S/C19H29N3OS/c1-16-7-5-8-17(13-16)20-19(23)22-11-6-12-24-15-18(22)14-21-9-3-2-4-10-21/h5,7-8,13,18H,2-4,6,9-12,14-15H2,1H3,(H,20,23). The van der Waals surface area contributed by atoms with Crippen LogP contribution in [0.5, 0.6) is 0 Å². The summed E-state index contributed by atoms with van der Waals surface area (Å²) >= 11 is 1.99. The molecule has 1 unspecified atom stereocenters. The van der Waals surface area contributed by atoms with Crippen LogP contribution in [0.3, 0.4) is 0 Å². The van der Waals surface area contributed by atoms with Crippen molar-refractivity contribution in [1.82, 2.24) is 9.80 Å². The highest BCUT2D eigenvalue weighted by atomic mass is 32.2. The van der Waals surface area contributed by atoms with Gasteiger partial charge in [-0.2, -0.15) is 11.8 Å². The van der Waals surface area contributed by atoms with E-state index in [1.54, 1.807) is 0 Å². The molecule has 24 heavy (non-hydrogen) atoms. The first kappa shape index (κ1) is 17.6. The lowest BCUT2D eigenvalue weighted by Gasteiger charge is -2.35. The van der Waals surface area contributed by atoms with E-state index in [-0.39, 0.29) is 6.03 Å². The highest BCUT2D eigenvalue weighted by Gasteiger charge is 2.28. The van der Waals surface area contributed by atoms with E-state index in [9.17, 15) is 4.79 Å². The van der Waals surface area contributed by atoms with Gasteiger partial charge < -0.3 is 15.1 Å². The molecule has 0 bridgehead atoms. The third kappa shape index (κ3) is 4.90. The predicted molar refractivity (Wildman–Crippen MR) is 103 cm³/mol. The van der Waals surface area contributed by atoms with E-state index < -0.39 is 0 Å². The fourth-order valence-corrected chi connectivity index (χ4v) is 4.66. The lowest BCUT2D eigenvalue weighted by Crippen LogP contribution is -2.50. The number of thioether (sulfide) groups is 1. The topological polar surface area (TPSA) is 35.6 Å². The van der Waals surface area contributed by atoms with Crippen LogP contribution < -0.4 is 5.32 Å². The van der Waals surface area contributed by atoms with Crippen LogP contribution >= 0.6 is 11.8 Å². The van der Waals surface area contributed by atoms with Crippen LogP contribution in [0.1, 0.15) is 31.2 Å². The summed E-state index contributed by atoms with van der Waals surface area (Å²) in [6.07, 6.45) is 5.04. The van der Waals surface area contributed by atoms with Gasteiger partial charge in [-0.1, -0.05) is 18.6 Å². The lowest BCUT2D eigenvalue weighted by atomic mass is 10.1. The van der Waals surface area contributed by atoms with E-state index >= 15 is 0 Å². The maximum Gasteiger partial charge on any atom is 0.322 e. The first-order chi connectivity index (χ1) is 11.7. The number of benzene rings is 1. The summed E-state index contributed by atoms with van der Waals surface area (Å²) in [7, 11) is 0. The van der Waals surface area contributed by atoms with Crippen molar-refractivity contribution in [3.05, 3.63) is 29.8 Å². The summed E-state index contributed by atoms with van der Waals surface area (Å²) in [6.45, 7) is 6.32. The van der Waals surface area contributed by atoms with Crippen LogP contribution in [0.25, 0.3) is 0 Å². The zero-order chi connectivity index (χ0) is 16.8. The average molecular weight is 348 g/mol. The van der Waals surface area contributed by atoms with Gasteiger partial charge in [-0.05, 0) is 62.7 Å². The zero-order valence-electron chi connectivity index (χ0n) is 14.7. The number of hydrogen-bond acceptors (Lipinski definition) is 3. The first-order valence-corrected chi connectivity index (χ1v) is 10.3. The number of nitrogens with zero attached hydrogens (tertiary/aromatic N) is 2. The first-order valence-electron chi connectivity index (χ1n) is 9.17. The molecule has 0 aliphatic carbocycles. The van der Waals surface area contributed by atoms with Crippen LogP contribution in [-0.2, 0) is 0 Å². The molecule has 1 atom stereocenters. The van der Waals surface area contributed by atoms with Gasteiger partial charge in [0.25, 0.3) is 0 Å². The monoisotopic (exact) mass is 347 g/mol. The Labute approximate surface area is 150 Å². The molecular formula is C19H29N3OS. The number of nitrogens with one attached hydrogen (secondary N) is 1. The molecule has 2 heterocycles. The number of piperidine rings is 1. The Morgan fingerprint density at radius 1 is 1.21 bits per heavy atom. The number of anilines is 1. The van der Waals surface area contributed by atoms with E-state index in [4.69, 9.17) is 0 Å². The van der Waals surface area contributed by atoms with E-state index in [1.165, 1.54) is 37.9 Å². The van der Waals surface area contributed by atoms with Crippen molar-refractivity contribution in [2.45, 2.75) is 38.6 Å². The molecule has 0 aromatic heterocycles. The third-order valence-corrected chi connectivity index (χ3v) is 6.08. The van der Waals surface area contributed by atoms with Crippen molar-refractivity contribution in [3.8, 4) is 0 Å². The lowest BCUT2D eigenvalue weighted by molar-refractivity contribution is 0.151. The molecule has 0 saturated carbocycles. The molecule has 1 aromatic carbocycles.